The lowest BCUT2D eigenvalue weighted by Crippen LogP contribution is -2.51. The summed E-state index contributed by atoms with van der Waals surface area (Å²) in [5, 5.41) is 0. The first-order valence-electron chi connectivity index (χ1n) is 8.44. The molecule has 3 aliphatic rings. The highest BCUT2D eigenvalue weighted by Crippen LogP contribution is 2.49. The number of nitrogens with zero attached hydrogens (tertiary/aromatic N) is 2. The topological polar surface area (TPSA) is 40.6 Å². The second-order valence-corrected chi connectivity index (χ2v) is 7.19. The predicted octanol–water partition coefficient (Wildman–Crippen LogP) is 2.44. The minimum absolute atomic E-state index is 0.102. The van der Waals surface area contributed by atoms with Gasteiger partial charge < -0.3 is 9.80 Å². The van der Waals surface area contributed by atoms with E-state index in [9.17, 15) is 22.8 Å². The fourth-order valence-electron chi connectivity index (χ4n) is 4.47. The normalized spacial score (nSPS) is 30.8. The van der Waals surface area contributed by atoms with Gasteiger partial charge >= 0.3 is 6.18 Å². The van der Waals surface area contributed by atoms with E-state index in [1.165, 1.54) is 24.2 Å². The van der Waals surface area contributed by atoms with Gasteiger partial charge in [-0.15, -0.1) is 0 Å². The average Bonchev–Trinajstić information content (AvgIpc) is 3.08. The number of hydrogen-bond acceptors (Lipinski definition) is 2. The molecule has 130 valence electrons. The van der Waals surface area contributed by atoms with E-state index in [4.69, 9.17) is 0 Å². The van der Waals surface area contributed by atoms with Crippen LogP contribution in [0.2, 0.25) is 0 Å². The average molecular weight is 332 g/mol. The lowest BCUT2D eigenvalue weighted by Gasteiger charge is -2.36. The number of rotatable bonds is 3. The summed E-state index contributed by atoms with van der Waals surface area (Å²) in [5.74, 6) is 1.20. The van der Waals surface area contributed by atoms with Crippen LogP contribution in [0.1, 0.15) is 38.5 Å². The van der Waals surface area contributed by atoms with Gasteiger partial charge in [0.2, 0.25) is 11.8 Å². The molecule has 4 nitrogen and oxygen atoms in total. The molecule has 3 atom stereocenters. The van der Waals surface area contributed by atoms with Gasteiger partial charge in [0.1, 0.15) is 6.42 Å². The van der Waals surface area contributed by atoms with Crippen molar-refractivity contribution < 1.29 is 22.8 Å². The zero-order chi connectivity index (χ0) is 16.6. The summed E-state index contributed by atoms with van der Waals surface area (Å²) in [4.78, 5) is 26.9. The lowest BCUT2D eigenvalue weighted by atomic mass is 9.86. The molecule has 3 fully saturated rings. The van der Waals surface area contributed by atoms with Crippen LogP contribution < -0.4 is 0 Å². The van der Waals surface area contributed by atoms with Gasteiger partial charge in [0, 0.05) is 32.6 Å². The van der Waals surface area contributed by atoms with E-state index in [0.717, 1.165) is 12.3 Å². The molecule has 0 aromatic carbocycles. The summed E-state index contributed by atoms with van der Waals surface area (Å²) in [6.45, 7) is 1.11. The van der Waals surface area contributed by atoms with Crippen LogP contribution >= 0.6 is 0 Å². The molecule has 1 heterocycles. The molecular weight excluding hydrogens is 309 g/mol. The van der Waals surface area contributed by atoms with Gasteiger partial charge in [-0.2, -0.15) is 13.2 Å². The van der Waals surface area contributed by atoms with E-state index >= 15 is 0 Å². The van der Waals surface area contributed by atoms with Crippen LogP contribution in [0.4, 0.5) is 13.2 Å². The molecule has 2 amide bonds. The van der Waals surface area contributed by atoms with Gasteiger partial charge in [0.15, 0.2) is 0 Å². The van der Waals surface area contributed by atoms with Crippen LogP contribution in [0.3, 0.4) is 0 Å². The quantitative estimate of drug-likeness (QED) is 0.796. The lowest BCUT2D eigenvalue weighted by molar-refractivity contribution is -0.163. The number of halogens is 3. The number of amides is 2. The summed E-state index contributed by atoms with van der Waals surface area (Å²) in [5.41, 5.74) is 0. The first kappa shape index (κ1) is 16.6. The molecule has 0 aromatic rings. The number of alkyl halides is 3. The minimum atomic E-state index is -4.47. The van der Waals surface area contributed by atoms with Gasteiger partial charge in [0.05, 0.1) is 0 Å². The highest BCUT2D eigenvalue weighted by atomic mass is 19.4. The van der Waals surface area contributed by atoms with Crippen LogP contribution in [0, 0.1) is 17.8 Å². The molecule has 1 saturated heterocycles. The molecule has 7 heteroatoms. The standard InChI is InChI=1S/C16H23F3N2O2/c17-16(18,19)10-15(23)21-5-3-20(4-6-21)14(22)9-13-8-11-1-2-12(13)7-11/h11-13H,1-10H2/t11-,12-,13-/m0/s1. The van der Waals surface area contributed by atoms with E-state index in [2.05, 4.69) is 0 Å². The maximum Gasteiger partial charge on any atom is 0.397 e. The second-order valence-electron chi connectivity index (χ2n) is 7.19. The number of fused-ring (bicyclic) bond motifs is 2. The van der Waals surface area contributed by atoms with Crippen molar-refractivity contribution in [3.63, 3.8) is 0 Å². The Morgan fingerprint density at radius 3 is 2.00 bits per heavy atom. The van der Waals surface area contributed by atoms with E-state index in [1.54, 1.807) is 4.90 Å². The number of hydrogen-bond donors (Lipinski definition) is 0. The third kappa shape index (κ3) is 3.98. The van der Waals surface area contributed by atoms with Gasteiger partial charge in [-0.05, 0) is 37.0 Å². The SMILES string of the molecule is O=C(C[C@@H]1C[C@H]2CC[C@H]1C2)N1CCN(C(=O)CC(F)(F)F)CC1. The Bertz CT molecular complexity index is 472. The maximum atomic E-state index is 12.4. The zero-order valence-electron chi connectivity index (χ0n) is 13.1. The van der Waals surface area contributed by atoms with Gasteiger partial charge in [0.25, 0.3) is 0 Å². The second kappa shape index (κ2) is 6.32. The molecule has 0 radical (unpaired) electrons. The van der Waals surface area contributed by atoms with Crippen molar-refractivity contribution in [1.82, 2.24) is 9.80 Å². The van der Waals surface area contributed by atoms with Crippen molar-refractivity contribution in [2.75, 3.05) is 26.2 Å². The Kier molecular flexibility index (Phi) is 4.56. The number of piperazine rings is 1. The fraction of sp³-hybridized carbons (Fsp3) is 0.875. The van der Waals surface area contributed by atoms with Gasteiger partial charge in [-0.3, -0.25) is 9.59 Å². The van der Waals surface area contributed by atoms with Crippen molar-refractivity contribution in [2.24, 2.45) is 17.8 Å². The molecule has 2 aliphatic carbocycles. The van der Waals surface area contributed by atoms with Crippen molar-refractivity contribution >= 4 is 11.8 Å². The van der Waals surface area contributed by atoms with Crippen LogP contribution in [-0.4, -0.2) is 54.0 Å². The molecule has 0 spiro atoms. The molecule has 0 unspecified atom stereocenters. The number of carbonyl (C=O) groups is 2. The largest absolute Gasteiger partial charge is 0.397 e. The molecule has 2 bridgehead atoms. The van der Waals surface area contributed by atoms with Crippen molar-refractivity contribution in [3.8, 4) is 0 Å². The Morgan fingerprint density at radius 2 is 1.52 bits per heavy atom. The van der Waals surface area contributed by atoms with E-state index in [-0.39, 0.29) is 19.0 Å². The summed E-state index contributed by atoms with van der Waals surface area (Å²) >= 11 is 0. The molecule has 0 N–H and O–H groups in total. The van der Waals surface area contributed by atoms with Gasteiger partial charge in [-0.25, -0.2) is 0 Å². The molecule has 23 heavy (non-hydrogen) atoms. The Morgan fingerprint density at radius 1 is 0.913 bits per heavy atom. The highest BCUT2D eigenvalue weighted by Gasteiger charge is 2.41. The first-order valence-corrected chi connectivity index (χ1v) is 8.44. The maximum absolute atomic E-state index is 12.4. The summed E-state index contributed by atoms with van der Waals surface area (Å²) in [6, 6.07) is 0. The predicted molar refractivity (Wildman–Crippen MR) is 77.4 cm³/mol. The third-order valence-corrected chi connectivity index (χ3v) is 5.66. The van der Waals surface area contributed by atoms with Crippen molar-refractivity contribution in [1.29, 1.82) is 0 Å². The Balaban J connectivity index is 1.43. The first-order chi connectivity index (χ1) is 10.8. The third-order valence-electron chi connectivity index (χ3n) is 5.66. The van der Waals surface area contributed by atoms with Crippen molar-refractivity contribution in [2.45, 2.75) is 44.7 Å². The van der Waals surface area contributed by atoms with Crippen LogP contribution in [-0.2, 0) is 9.59 Å². The smallest absolute Gasteiger partial charge is 0.339 e. The minimum Gasteiger partial charge on any atom is -0.339 e. The van der Waals surface area contributed by atoms with E-state index < -0.39 is 18.5 Å². The molecular formula is C16H23F3N2O2. The van der Waals surface area contributed by atoms with Gasteiger partial charge in [-0.1, -0.05) is 6.42 Å². The number of carbonyl (C=O) groups excluding carboxylic acids is 2. The molecule has 2 saturated carbocycles. The molecule has 1 aliphatic heterocycles. The summed E-state index contributed by atoms with van der Waals surface area (Å²) < 4.78 is 36.8. The van der Waals surface area contributed by atoms with E-state index in [0.29, 0.717) is 31.3 Å². The van der Waals surface area contributed by atoms with Crippen LogP contribution in [0.15, 0.2) is 0 Å². The Hall–Kier alpha value is -1.27. The summed E-state index contributed by atoms with van der Waals surface area (Å²) in [7, 11) is 0. The highest BCUT2D eigenvalue weighted by molar-refractivity contribution is 5.79. The van der Waals surface area contributed by atoms with Crippen LogP contribution in [0.5, 0.6) is 0 Å². The molecule has 0 aromatic heterocycles. The Labute approximate surface area is 134 Å². The molecule has 3 rings (SSSR count). The van der Waals surface area contributed by atoms with E-state index in [1.807, 2.05) is 0 Å². The van der Waals surface area contributed by atoms with Crippen molar-refractivity contribution in [3.05, 3.63) is 0 Å². The van der Waals surface area contributed by atoms with Crippen LogP contribution in [0.25, 0.3) is 0 Å². The zero-order valence-corrected chi connectivity index (χ0v) is 13.1. The monoisotopic (exact) mass is 332 g/mol. The fourth-order valence-corrected chi connectivity index (χ4v) is 4.47. The summed E-state index contributed by atoms with van der Waals surface area (Å²) in [6.07, 6.45) is -0.356.